The largest absolute Gasteiger partial charge is 0.395 e. The van der Waals surface area contributed by atoms with Crippen LogP contribution in [0, 0.1) is 5.41 Å². The second kappa shape index (κ2) is 7.35. The van der Waals surface area contributed by atoms with Crippen LogP contribution in [0.3, 0.4) is 0 Å². The lowest BCUT2D eigenvalue weighted by atomic mass is 10.2. The quantitative estimate of drug-likeness (QED) is 0.521. The first kappa shape index (κ1) is 14.9. The van der Waals surface area contributed by atoms with Crippen LogP contribution < -0.4 is 10.6 Å². The SMILES string of the molecule is COCCN(CCO)c1ccc(C(=N)N)cc1Br. The highest BCUT2D eigenvalue weighted by atomic mass is 79.9. The molecule has 0 aliphatic rings. The highest BCUT2D eigenvalue weighted by molar-refractivity contribution is 9.10. The van der Waals surface area contributed by atoms with E-state index in [0.29, 0.717) is 25.3 Å². The molecular formula is C12H18BrN3O2. The Morgan fingerprint density at radius 2 is 2.22 bits per heavy atom. The van der Waals surface area contributed by atoms with Crippen molar-refractivity contribution >= 4 is 27.5 Å². The van der Waals surface area contributed by atoms with Crippen LogP contribution in [0.2, 0.25) is 0 Å². The van der Waals surface area contributed by atoms with Gasteiger partial charge in [-0.1, -0.05) is 0 Å². The van der Waals surface area contributed by atoms with Crippen molar-refractivity contribution in [2.45, 2.75) is 0 Å². The van der Waals surface area contributed by atoms with Gasteiger partial charge in [-0.05, 0) is 34.1 Å². The lowest BCUT2D eigenvalue weighted by Gasteiger charge is -2.25. The number of halogens is 1. The first-order valence-corrected chi connectivity index (χ1v) is 6.38. The topological polar surface area (TPSA) is 82.6 Å². The number of anilines is 1. The van der Waals surface area contributed by atoms with E-state index in [4.69, 9.17) is 21.0 Å². The Kier molecular flexibility index (Phi) is 6.11. The van der Waals surface area contributed by atoms with Gasteiger partial charge >= 0.3 is 0 Å². The number of aliphatic hydroxyl groups excluding tert-OH is 1. The van der Waals surface area contributed by atoms with Crippen LogP contribution in [0.1, 0.15) is 5.56 Å². The Hall–Kier alpha value is -1.11. The molecule has 0 aromatic heterocycles. The number of amidine groups is 1. The fourth-order valence-electron chi connectivity index (χ4n) is 1.61. The van der Waals surface area contributed by atoms with E-state index in [1.54, 1.807) is 19.2 Å². The van der Waals surface area contributed by atoms with Gasteiger partial charge in [-0.2, -0.15) is 0 Å². The molecule has 0 saturated heterocycles. The predicted molar refractivity (Wildman–Crippen MR) is 76.3 cm³/mol. The lowest BCUT2D eigenvalue weighted by Crippen LogP contribution is -2.30. The van der Waals surface area contributed by atoms with Crippen molar-refractivity contribution in [2.24, 2.45) is 5.73 Å². The summed E-state index contributed by atoms with van der Waals surface area (Å²) < 4.78 is 5.90. The molecule has 4 N–H and O–H groups in total. The van der Waals surface area contributed by atoms with Crippen molar-refractivity contribution in [1.82, 2.24) is 0 Å². The van der Waals surface area contributed by atoms with Crippen molar-refractivity contribution in [3.63, 3.8) is 0 Å². The van der Waals surface area contributed by atoms with Crippen LogP contribution in [0.25, 0.3) is 0 Å². The molecule has 0 aliphatic carbocycles. The number of ether oxygens (including phenoxy) is 1. The number of hydrogen-bond acceptors (Lipinski definition) is 4. The molecule has 0 radical (unpaired) electrons. The summed E-state index contributed by atoms with van der Waals surface area (Å²) in [5.74, 6) is 0.0350. The van der Waals surface area contributed by atoms with Crippen LogP contribution in [-0.4, -0.2) is 44.4 Å². The number of nitrogens with zero attached hydrogens (tertiary/aromatic N) is 1. The molecule has 0 heterocycles. The number of nitrogen functional groups attached to an aromatic ring is 1. The van der Waals surface area contributed by atoms with Gasteiger partial charge in [0, 0.05) is 30.2 Å². The number of hydrogen-bond donors (Lipinski definition) is 3. The summed E-state index contributed by atoms with van der Waals surface area (Å²) in [5.41, 5.74) is 7.05. The van der Waals surface area contributed by atoms with Gasteiger partial charge < -0.3 is 20.5 Å². The molecule has 0 amide bonds. The minimum atomic E-state index is 0.0350. The summed E-state index contributed by atoms with van der Waals surface area (Å²) in [6.45, 7) is 1.88. The minimum Gasteiger partial charge on any atom is -0.395 e. The standard InChI is InChI=1S/C12H18BrN3O2/c1-18-7-5-16(4-6-17)11-3-2-9(12(14)15)8-10(11)13/h2-3,8,17H,4-7H2,1H3,(H3,14,15). The monoisotopic (exact) mass is 315 g/mol. The minimum absolute atomic E-state index is 0.0350. The summed E-state index contributed by atoms with van der Waals surface area (Å²) in [4.78, 5) is 2.01. The van der Waals surface area contributed by atoms with E-state index in [1.807, 2.05) is 11.0 Å². The zero-order valence-electron chi connectivity index (χ0n) is 10.3. The first-order chi connectivity index (χ1) is 8.60. The maximum atomic E-state index is 9.08. The lowest BCUT2D eigenvalue weighted by molar-refractivity contribution is 0.203. The number of aliphatic hydroxyl groups is 1. The number of nitrogens with one attached hydrogen (secondary N) is 1. The highest BCUT2D eigenvalue weighted by Gasteiger charge is 2.10. The Morgan fingerprint density at radius 3 is 2.72 bits per heavy atom. The van der Waals surface area contributed by atoms with E-state index < -0.39 is 0 Å². The molecule has 0 aliphatic heterocycles. The molecule has 0 saturated carbocycles. The molecule has 18 heavy (non-hydrogen) atoms. The number of rotatable bonds is 7. The molecule has 100 valence electrons. The number of nitrogens with two attached hydrogens (primary N) is 1. The first-order valence-electron chi connectivity index (χ1n) is 5.58. The maximum absolute atomic E-state index is 9.08. The fourth-order valence-corrected chi connectivity index (χ4v) is 2.24. The second-order valence-electron chi connectivity index (χ2n) is 3.78. The van der Waals surface area contributed by atoms with Crippen molar-refractivity contribution in [2.75, 3.05) is 38.3 Å². The summed E-state index contributed by atoms with van der Waals surface area (Å²) >= 11 is 3.46. The molecule has 1 aromatic rings. The Balaban J connectivity index is 2.93. The zero-order valence-corrected chi connectivity index (χ0v) is 11.9. The molecule has 1 rings (SSSR count). The van der Waals surface area contributed by atoms with Crippen LogP contribution >= 0.6 is 15.9 Å². The van der Waals surface area contributed by atoms with Crippen LogP contribution in [0.4, 0.5) is 5.69 Å². The van der Waals surface area contributed by atoms with Crippen molar-refractivity contribution < 1.29 is 9.84 Å². The van der Waals surface area contributed by atoms with Crippen LogP contribution in [0.5, 0.6) is 0 Å². The summed E-state index contributed by atoms with van der Waals surface area (Å²) in [6, 6.07) is 5.47. The normalized spacial score (nSPS) is 10.4. The second-order valence-corrected chi connectivity index (χ2v) is 4.64. The highest BCUT2D eigenvalue weighted by Crippen LogP contribution is 2.27. The van der Waals surface area contributed by atoms with Crippen LogP contribution in [-0.2, 0) is 4.74 Å². The fraction of sp³-hybridized carbons (Fsp3) is 0.417. The van der Waals surface area contributed by atoms with Gasteiger partial charge in [-0.25, -0.2) is 0 Å². The predicted octanol–water partition coefficient (Wildman–Crippen LogP) is 1.18. The molecule has 0 atom stereocenters. The molecule has 0 bridgehead atoms. The number of benzene rings is 1. The van der Waals surface area contributed by atoms with Gasteiger partial charge in [0.15, 0.2) is 0 Å². The van der Waals surface area contributed by atoms with E-state index in [1.165, 1.54) is 0 Å². The van der Waals surface area contributed by atoms with E-state index in [2.05, 4.69) is 15.9 Å². The molecule has 0 unspecified atom stereocenters. The average molecular weight is 316 g/mol. The van der Waals surface area contributed by atoms with Crippen molar-refractivity contribution in [1.29, 1.82) is 5.41 Å². The van der Waals surface area contributed by atoms with Gasteiger partial charge in [0.2, 0.25) is 0 Å². The number of methoxy groups -OCH3 is 1. The maximum Gasteiger partial charge on any atom is 0.122 e. The molecule has 0 fully saturated rings. The Morgan fingerprint density at radius 1 is 1.50 bits per heavy atom. The summed E-state index contributed by atoms with van der Waals surface area (Å²) in [5, 5.41) is 16.5. The van der Waals surface area contributed by atoms with E-state index in [-0.39, 0.29) is 12.4 Å². The third kappa shape index (κ3) is 3.97. The van der Waals surface area contributed by atoms with Crippen LogP contribution in [0.15, 0.2) is 22.7 Å². The molecular weight excluding hydrogens is 298 g/mol. The van der Waals surface area contributed by atoms with E-state index >= 15 is 0 Å². The smallest absolute Gasteiger partial charge is 0.122 e. The molecule has 5 nitrogen and oxygen atoms in total. The van der Waals surface area contributed by atoms with E-state index in [9.17, 15) is 0 Å². The van der Waals surface area contributed by atoms with Gasteiger partial charge in [-0.3, -0.25) is 5.41 Å². The van der Waals surface area contributed by atoms with Crippen molar-refractivity contribution in [3.05, 3.63) is 28.2 Å². The summed E-state index contributed by atoms with van der Waals surface area (Å²) in [6.07, 6.45) is 0. The van der Waals surface area contributed by atoms with Gasteiger partial charge in [0.05, 0.1) is 18.9 Å². The summed E-state index contributed by atoms with van der Waals surface area (Å²) in [7, 11) is 1.64. The van der Waals surface area contributed by atoms with Gasteiger partial charge in [0.1, 0.15) is 5.84 Å². The molecule has 0 spiro atoms. The van der Waals surface area contributed by atoms with Gasteiger partial charge in [0.25, 0.3) is 0 Å². The van der Waals surface area contributed by atoms with Gasteiger partial charge in [-0.15, -0.1) is 0 Å². The average Bonchev–Trinajstić information content (AvgIpc) is 2.34. The third-order valence-electron chi connectivity index (χ3n) is 2.53. The Bertz CT molecular complexity index is 412. The molecule has 1 aromatic carbocycles. The zero-order chi connectivity index (χ0) is 13.5. The Labute approximate surface area is 115 Å². The third-order valence-corrected chi connectivity index (χ3v) is 3.17. The van der Waals surface area contributed by atoms with E-state index in [0.717, 1.165) is 10.2 Å². The molecule has 6 heteroatoms. The van der Waals surface area contributed by atoms with Crippen molar-refractivity contribution in [3.8, 4) is 0 Å².